The van der Waals surface area contributed by atoms with Crippen molar-refractivity contribution in [3.63, 3.8) is 0 Å². The Morgan fingerprint density at radius 3 is 2.29 bits per heavy atom. The van der Waals surface area contributed by atoms with Crippen molar-refractivity contribution in [1.29, 1.82) is 0 Å². The highest BCUT2D eigenvalue weighted by Crippen LogP contribution is 2.18. The van der Waals surface area contributed by atoms with Crippen molar-refractivity contribution < 1.29 is 8.94 Å². The summed E-state index contributed by atoms with van der Waals surface area (Å²) in [6, 6.07) is 5.79. The molecule has 0 aliphatic heterocycles. The van der Waals surface area contributed by atoms with Crippen LogP contribution >= 0.6 is 0 Å². The number of nitrogens with zero attached hydrogens (tertiary/aromatic N) is 1. The third-order valence-corrected chi connectivity index (χ3v) is 1.85. The minimum atomic E-state index is -0.779. The Hall–Kier alpha value is -1.84. The fraction of sp³-hybridized carbons (Fsp3) is 0.200. The van der Waals surface area contributed by atoms with Gasteiger partial charge in [0.25, 0.3) is 5.89 Å². The zero-order valence-electron chi connectivity index (χ0n) is 7.90. The average Bonchev–Trinajstić information content (AvgIpc) is 2.50. The van der Waals surface area contributed by atoms with Crippen molar-refractivity contribution in [1.82, 2.24) is 5.16 Å². The molecule has 0 bridgehead atoms. The van der Waals surface area contributed by atoms with Crippen LogP contribution in [0.3, 0.4) is 0 Å². The Morgan fingerprint density at radius 1 is 1.14 bits per heavy atom. The highest BCUT2D eigenvalue weighted by Gasteiger charge is 2.07. The van der Waals surface area contributed by atoms with Gasteiger partial charge in [-0.1, -0.05) is 17.2 Å². The molecule has 72 valence electrons. The molecule has 0 unspecified atom stereocenters. The van der Waals surface area contributed by atoms with Crippen LogP contribution in [0.4, 0.5) is 0 Å². The van der Waals surface area contributed by atoms with E-state index in [1.54, 1.807) is 0 Å². The Kier molecular flexibility index (Phi) is 1.96. The van der Waals surface area contributed by atoms with Gasteiger partial charge in [-0.3, -0.25) is 4.52 Å². The Morgan fingerprint density at radius 2 is 1.79 bits per heavy atom. The predicted octanol–water partition coefficient (Wildman–Crippen LogP) is 1.91. The van der Waals surface area contributed by atoms with E-state index < -0.39 is 5.82 Å². The molecule has 1 aromatic carbocycles. The summed E-state index contributed by atoms with van der Waals surface area (Å²) in [7, 11) is 0. The molecular weight excluding hydrogens is 182 g/mol. The molecule has 0 aliphatic rings. The number of hydrogen-bond donors (Lipinski definition) is 0. The van der Waals surface area contributed by atoms with Gasteiger partial charge in [-0.15, -0.1) is 0 Å². The first-order chi connectivity index (χ1) is 6.65. The van der Waals surface area contributed by atoms with Gasteiger partial charge in [0, 0.05) is 5.56 Å². The second-order valence-electron chi connectivity index (χ2n) is 3.22. The van der Waals surface area contributed by atoms with E-state index in [4.69, 9.17) is 4.42 Å². The van der Waals surface area contributed by atoms with Gasteiger partial charge in [-0.05, 0) is 31.1 Å². The first kappa shape index (κ1) is 8.74. The molecule has 0 saturated carbocycles. The smallest absolute Gasteiger partial charge is 0.370 e. The molecule has 4 nitrogen and oxygen atoms in total. The molecule has 0 aliphatic carbocycles. The standard InChI is InChI=1S/C10H9NO3/c1-6-3-7(2)5-8(4-6)9-11-14-10(12)13-9/h3-5H,1-2H3. The SMILES string of the molecule is Cc1cc(C)cc(-c2noc(=O)o2)c1. The van der Waals surface area contributed by atoms with Crippen molar-refractivity contribution >= 4 is 0 Å². The number of rotatable bonds is 1. The van der Waals surface area contributed by atoms with E-state index in [0.29, 0.717) is 0 Å². The lowest BCUT2D eigenvalue weighted by Crippen LogP contribution is -1.86. The molecule has 1 heterocycles. The van der Waals surface area contributed by atoms with Crippen LogP contribution in [0, 0.1) is 13.8 Å². The van der Waals surface area contributed by atoms with Crippen molar-refractivity contribution in [2.45, 2.75) is 13.8 Å². The Balaban J connectivity index is 2.56. The quantitative estimate of drug-likeness (QED) is 0.690. The summed E-state index contributed by atoms with van der Waals surface area (Å²) in [5.74, 6) is -0.555. The van der Waals surface area contributed by atoms with Gasteiger partial charge in [0.2, 0.25) is 0 Å². The molecule has 0 atom stereocenters. The fourth-order valence-electron chi connectivity index (χ4n) is 1.40. The molecule has 0 amide bonds. The average molecular weight is 191 g/mol. The lowest BCUT2D eigenvalue weighted by Gasteiger charge is -1.98. The maximum absolute atomic E-state index is 10.6. The minimum Gasteiger partial charge on any atom is -0.370 e. The lowest BCUT2D eigenvalue weighted by molar-refractivity contribution is 0.335. The maximum atomic E-state index is 10.6. The van der Waals surface area contributed by atoms with Crippen LogP contribution in [0.2, 0.25) is 0 Å². The summed E-state index contributed by atoms with van der Waals surface area (Å²) < 4.78 is 9.07. The minimum absolute atomic E-state index is 0.224. The van der Waals surface area contributed by atoms with E-state index in [-0.39, 0.29) is 5.89 Å². The topological polar surface area (TPSA) is 56.2 Å². The van der Waals surface area contributed by atoms with Crippen LogP contribution in [-0.4, -0.2) is 5.16 Å². The van der Waals surface area contributed by atoms with Crippen LogP contribution in [0.1, 0.15) is 11.1 Å². The summed E-state index contributed by atoms with van der Waals surface area (Å²) in [6.07, 6.45) is 0. The monoisotopic (exact) mass is 191 g/mol. The molecular formula is C10H9NO3. The molecule has 0 spiro atoms. The van der Waals surface area contributed by atoms with Crippen LogP contribution in [-0.2, 0) is 0 Å². The van der Waals surface area contributed by atoms with E-state index in [1.807, 2.05) is 32.0 Å². The van der Waals surface area contributed by atoms with Gasteiger partial charge in [-0.2, -0.15) is 0 Å². The van der Waals surface area contributed by atoms with Crippen LogP contribution in [0.15, 0.2) is 31.9 Å². The molecule has 0 N–H and O–H groups in total. The van der Waals surface area contributed by atoms with E-state index in [9.17, 15) is 4.79 Å². The number of aromatic nitrogens is 1. The molecule has 0 saturated heterocycles. The van der Waals surface area contributed by atoms with E-state index >= 15 is 0 Å². The van der Waals surface area contributed by atoms with E-state index in [0.717, 1.165) is 16.7 Å². The molecule has 0 radical (unpaired) electrons. The first-order valence-electron chi connectivity index (χ1n) is 4.20. The summed E-state index contributed by atoms with van der Waals surface area (Å²) in [5, 5.41) is 3.51. The summed E-state index contributed by atoms with van der Waals surface area (Å²) >= 11 is 0. The lowest BCUT2D eigenvalue weighted by atomic mass is 10.1. The third-order valence-electron chi connectivity index (χ3n) is 1.85. The second-order valence-corrected chi connectivity index (χ2v) is 3.22. The number of benzene rings is 1. The third kappa shape index (κ3) is 1.59. The zero-order chi connectivity index (χ0) is 10.1. The van der Waals surface area contributed by atoms with Crippen molar-refractivity contribution in [2.75, 3.05) is 0 Å². The van der Waals surface area contributed by atoms with Crippen molar-refractivity contribution in [2.24, 2.45) is 0 Å². The summed E-state index contributed by atoms with van der Waals surface area (Å²) in [5.41, 5.74) is 2.93. The van der Waals surface area contributed by atoms with Gasteiger partial charge >= 0.3 is 5.82 Å². The second kappa shape index (κ2) is 3.14. The van der Waals surface area contributed by atoms with Crippen molar-refractivity contribution in [3.8, 4) is 11.5 Å². The van der Waals surface area contributed by atoms with Crippen LogP contribution in [0.25, 0.3) is 11.5 Å². The molecule has 2 rings (SSSR count). The van der Waals surface area contributed by atoms with Gasteiger partial charge in [0.15, 0.2) is 0 Å². The first-order valence-corrected chi connectivity index (χ1v) is 4.20. The normalized spacial score (nSPS) is 10.4. The van der Waals surface area contributed by atoms with Crippen LogP contribution in [0.5, 0.6) is 0 Å². The summed E-state index contributed by atoms with van der Waals surface area (Å²) in [6.45, 7) is 3.93. The van der Waals surface area contributed by atoms with Crippen molar-refractivity contribution in [3.05, 3.63) is 39.9 Å². The highest BCUT2D eigenvalue weighted by atomic mass is 16.6. The molecule has 2 aromatic rings. The highest BCUT2D eigenvalue weighted by molar-refractivity contribution is 5.55. The Bertz CT molecular complexity index is 490. The Labute approximate surface area is 80.2 Å². The van der Waals surface area contributed by atoms with Gasteiger partial charge in [0.05, 0.1) is 0 Å². The molecule has 0 fully saturated rings. The van der Waals surface area contributed by atoms with Crippen LogP contribution < -0.4 is 5.82 Å². The van der Waals surface area contributed by atoms with Gasteiger partial charge < -0.3 is 4.42 Å². The zero-order valence-corrected chi connectivity index (χ0v) is 7.90. The largest absolute Gasteiger partial charge is 0.542 e. The molecule has 4 heteroatoms. The number of aryl methyl sites for hydroxylation is 2. The maximum Gasteiger partial charge on any atom is 0.542 e. The van der Waals surface area contributed by atoms with Gasteiger partial charge in [-0.25, -0.2) is 4.79 Å². The summed E-state index contributed by atoms with van der Waals surface area (Å²) in [4.78, 5) is 10.6. The number of hydrogen-bond acceptors (Lipinski definition) is 4. The molecule has 1 aromatic heterocycles. The van der Waals surface area contributed by atoms with E-state index in [2.05, 4.69) is 9.68 Å². The van der Waals surface area contributed by atoms with E-state index in [1.165, 1.54) is 0 Å². The van der Waals surface area contributed by atoms with Gasteiger partial charge in [0.1, 0.15) is 0 Å². The fourth-order valence-corrected chi connectivity index (χ4v) is 1.40. The predicted molar refractivity (Wildman–Crippen MR) is 49.9 cm³/mol. The molecule has 14 heavy (non-hydrogen) atoms.